The molecule has 6 N–H and O–H groups in total. The van der Waals surface area contributed by atoms with Crippen LogP contribution in [0.4, 0.5) is 63.9 Å². The smallest absolute Gasteiger partial charge is 0.416 e. The van der Waals surface area contributed by atoms with E-state index in [1.54, 1.807) is 57.9 Å². The molecule has 1 aliphatic heterocycles. The topological polar surface area (TPSA) is 222 Å². The molecular formula is C55H55F7N15O5+. The molecule has 6 fully saturated rings. The summed E-state index contributed by atoms with van der Waals surface area (Å²) in [6, 6.07) is 12.3. The minimum absolute atomic E-state index is 0.142. The highest BCUT2D eigenvalue weighted by molar-refractivity contribution is 5.70. The number of rotatable bonds is 16. The van der Waals surface area contributed by atoms with Crippen LogP contribution in [0.25, 0.3) is 28.2 Å². The van der Waals surface area contributed by atoms with Crippen molar-refractivity contribution in [1.29, 1.82) is 0 Å². The van der Waals surface area contributed by atoms with Crippen LogP contribution in [0.15, 0.2) is 85.5 Å². The van der Waals surface area contributed by atoms with Gasteiger partial charge in [0.25, 0.3) is 0 Å². The fraction of sp³-hybridized carbons (Fsp3) is 0.418. The minimum atomic E-state index is -4.49. The van der Waals surface area contributed by atoms with E-state index >= 15 is 8.78 Å². The van der Waals surface area contributed by atoms with Crippen molar-refractivity contribution in [1.82, 2.24) is 59.6 Å². The number of likely N-dealkylation sites (tertiary alicyclic amines) is 1. The van der Waals surface area contributed by atoms with Crippen LogP contribution < -0.4 is 30.7 Å². The van der Waals surface area contributed by atoms with Gasteiger partial charge < -0.3 is 30.2 Å². The van der Waals surface area contributed by atoms with Crippen LogP contribution in [0.2, 0.25) is 0 Å². The second kappa shape index (κ2) is 20.5. The van der Waals surface area contributed by atoms with E-state index in [-0.39, 0.29) is 58.9 Å². The summed E-state index contributed by atoms with van der Waals surface area (Å²) in [6.07, 6.45) is -0.927. The number of imidazole rings is 2. The summed E-state index contributed by atoms with van der Waals surface area (Å²) >= 11 is 0. The number of halogens is 7. The molecule has 20 nitrogen and oxygen atoms in total. The maximum Gasteiger partial charge on any atom is 0.416 e. The van der Waals surface area contributed by atoms with Gasteiger partial charge in [0.05, 0.1) is 34.9 Å². The number of amides is 2. The van der Waals surface area contributed by atoms with Crippen molar-refractivity contribution in [3.8, 4) is 22.7 Å². The van der Waals surface area contributed by atoms with Crippen molar-refractivity contribution in [3.05, 3.63) is 120 Å². The van der Waals surface area contributed by atoms with Gasteiger partial charge in [-0.15, -0.1) is 4.68 Å². The summed E-state index contributed by atoms with van der Waals surface area (Å²) in [5.74, 6) is -1.21. The van der Waals surface area contributed by atoms with Gasteiger partial charge in [0.1, 0.15) is 53.7 Å². The van der Waals surface area contributed by atoms with Crippen molar-refractivity contribution >= 4 is 47.0 Å². The lowest BCUT2D eigenvalue weighted by atomic mass is 9.50. The monoisotopic (exact) mass is 1140 g/mol. The lowest BCUT2D eigenvalue weighted by Crippen LogP contribution is -2.68. The summed E-state index contributed by atoms with van der Waals surface area (Å²) in [5.41, 5.74) is 1.75. The fourth-order valence-electron chi connectivity index (χ4n) is 12.0. The van der Waals surface area contributed by atoms with E-state index in [1.165, 1.54) is 24.5 Å². The first-order valence-electron chi connectivity index (χ1n) is 27.1. The third kappa shape index (κ3) is 10.3. The van der Waals surface area contributed by atoms with E-state index in [2.05, 4.69) is 41.5 Å². The number of anilines is 4. The lowest BCUT2D eigenvalue weighted by Gasteiger charge is -2.61. The Balaban J connectivity index is 0.839. The number of benzene rings is 2. The molecule has 5 aliphatic carbocycles. The van der Waals surface area contributed by atoms with Crippen LogP contribution in [-0.4, -0.2) is 116 Å². The maximum absolute atomic E-state index is 16.8. The number of nitrogens with one attached hydrogen (secondary N) is 6. The molecule has 2 bridgehead atoms. The molecule has 14 rings (SSSR count). The molecule has 2 aromatic carbocycles. The Labute approximate surface area is 462 Å². The van der Waals surface area contributed by atoms with E-state index in [0.29, 0.717) is 84.6 Å². The van der Waals surface area contributed by atoms with Crippen LogP contribution in [0.5, 0.6) is 5.75 Å². The largest absolute Gasteiger partial charge is 0.488 e. The number of fused-ring (bicyclic) bond motifs is 2. The average Bonchev–Trinajstić information content (AvgIpc) is 2.45. The standard InChI is InChI=1S/C55H54F7N15O5/c1-27(2)65-52(78)81-42-9-7-36(47(42)58)39-16-44(72-71-39)68-50-64-22-41(49-66-33(24-76(49)50)23-74-25-35(26-74)80-34-5-3-30(4-6-34)55(60,61)62)77-46(69-51-67-38(17-45-63-11-12-75(45)51)29-13-31(56)15-32(57)14-29)18-40(73-77)37-8-10-43(48(37)59)82-53(79)70-54-19-28(20-54)21-54/h3-6,11-18,22,24,27-28,35-37,42-43,47-48H,7-10,19-21,23,25-26H2,1-2H3,(H5,63,64,65,66,67,68,69,70,71,72,73,78,79)/p+1/t28?,36-,37+,42-,43+,47+,48+,54?/m1/s1. The number of ether oxygens (including phenoxy) is 3. The third-order valence-electron chi connectivity index (χ3n) is 16.1. The number of alkyl halides is 5. The molecule has 82 heavy (non-hydrogen) atoms. The van der Waals surface area contributed by atoms with Gasteiger partial charge in [-0.3, -0.25) is 14.4 Å². The van der Waals surface area contributed by atoms with Gasteiger partial charge in [-0.1, -0.05) is 0 Å². The Hall–Kier alpha value is -8.49. The SMILES string of the molecule is CC(C)NC(=O)O[C@@H]1CC[C@H](c2cc(Nc3ncc(-[n+]4[nH]c([C@@H]5CC[C@H](OC(=O)NC67CC(C6)C7)[C@H]5F)cc4Nc4nc(-c5cc(F)cc(F)c5)cc5nccn45)c4nc(CN5CC(Oc6ccc(C(F)(F)F)cc6)C5)cn34)n[nH]2)[C@@H]1F. The summed E-state index contributed by atoms with van der Waals surface area (Å²) < 4.78 is 124. The molecular weight excluding hydrogens is 1080 g/mol. The molecule has 2 amide bonds. The maximum atomic E-state index is 16.8. The molecule has 6 aliphatic rings. The van der Waals surface area contributed by atoms with E-state index < -0.39 is 71.9 Å². The number of hydrogen-bond acceptors (Lipinski definition) is 13. The van der Waals surface area contributed by atoms with Crippen molar-refractivity contribution in [2.45, 2.75) is 126 Å². The quantitative estimate of drug-likeness (QED) is 0.0393. The van der Waals surface area contributed by atoms with Crippen LogP contribution in [-0.2, 0) is 22.2 Å². The van der Waals surface area contributed by atoms with Gasteiger partial charge in [-0.25, -0.2) is 56.9 Å². The van der Waals surface area contributed by atoms with Crippen LogP contribution in [0.3, 0.4) is 0 Å². The fourth-order valence-corrected chi connectivity index (χ4v) is 12.0. The van der Waals surface area contributed by atoms with Gasteiger partial charge in [0.15, 0.2) is 11.5 Å². The summed E-state index contributed by atoms with van der Waals surface area (Å²) in [6.45, 7) is 4.69. The second-order valence-corrected chi connectivity index (χ2v) is 22.3. The Bertz CT molecular complexity index is 3690. The molecule has 1 saturated heterocycles. The van der Waals surface area contributed by atoms with Gasteiger partial charge in [0, 0.05) is 91.1 Å². The van der Waals surface area contributed by atoms with E-state index in [1.807, 2.05) is 4.90 Å². The Morgan fingerprint density at radius 2 is 1.54 bits per heavy atom. The first-order valence-corrected chi connectivity index (χ1v) is 27.1. The highest BCUT2D eigenvalue weighted by Gasteiger charge is 2.58. The number of nitrogens with zero attached hydrogens (tertiary/aromatic N) is 9. The summed E-state index contributed by atoms with van der Waals surface area (Å²) in [5, 5.41) is 22.9. The van der Waals surface area contributed by atoms with Crippen LogP contribution in [0.1, 0.15) is 93.3 Å². The minimum Gasteiger partial charge on any atom is -0.488 e. The Morgan fingerprint density at radius 1 is 0.829 bits per heavy atom. The second-order valence-electron chi connectivity index (χ2n) is 22.3. The van der Waals surface area contributed by atoms with Crippen molar-refractivity contribution in [3.63, 3.8) is 0 Å². The zero-order valence-corrected chi connectivity index (χ0v) is 44.1. The Morgan fingerprint density at radius 3 is 2.22 bits per heavy atom. The van der Waals surface area contributed by atoms with Crippen molar-refractivity contribution < 1.29 is 59.2 Å². The number of aromatic amines is 2. The molecule has 27 heteroatoms. The highest BCUT2D eigenvalue weighted by Crippen LogP contribution is 2.57. The predicted octanol–water partition coefficient (Wildman–Crippen LogP) is 9.40. The zero-order valence-electron chi connectivity index (χ0n) is 44.1. The molecule has 6 aromatic heterocycles. The molecule has 428 valence electrons. The van der Waals surface area contributed by atoms with Gasteiger partial charge in [-0.05, 0) is 101 Å². The van der Waals surface area contributed by atoms with Gasteiger partial charge >= 0.3 is 30.1 Å². The lowest BCUT2D eigenvalue weighted by molar-refractivity contribution is -0.640. The normalized spacial score (nSPS) is 24.3. The van der Waals surface area contributed by atoms with Crippen molar-refractivity contribution in [2.24, 2.45) is 5.92 Å². The number of alkyl carbamates (subject to hydrolysis) is 2. The molecule has 0 radical (unpaired) electrons. The van der Waals surface area contributed by atoms with E-state index in [9.17, 15) is 31.5 Å². The number of H-pyrrole nitrogens is 2. The summed E-state index contributed by atoms with van der Waals surface area (Å²) in [4.78, 5) is 46.7. The number of carbonyl (C=O) groups is 2. The summed E-state index contributed by atoms with van der Waals surface area (Å²) in [7, 11) is 0. The van der Waals surface area contributed by atoms with E-state index in [4.69, 9.17) is 29.2 Å². The number of aromatic nitrogens is 10. The molecule has 7 heterocycles. The van der Waals surface area contributed by atoms with Gasteiger partial charge in [0.2, 0.25) is 11.6 Å². The number of hydrogen-bond donors (Lipinski definition) is 6. The molecule has 0 spiro atoms. The zero-order chi connectivity index (χ0) is 56.8. The third-order valence-corrected chi connectivity index (χ3v) is 16.1. The first kappa shape index (κ1) is 52.9. The van der Waals surface area contributed by atoms with E-state index in [0.717, 1.165) is 49.6 Å². The average molecular weight is 1140 g/mol. The molecule has 6 atom stereocenters. The van der Waals surface area contributed by atoms with Crippen LogP contribution >= 0.6 is 0 Å². The number of carbonyl (C=O) groups excluding carboxylic acids is 2. The van der Waals surface area contributed by atoms with Crippen molar-refractivity contribution in [2.75, 3.05) is 23.7 Å². The van der Waals surface area contributed by atoms with Gasteiger partial charge in [-0.2, -0.15) is 23.3 Å². The Kier molecular flexibility index (Phi) is 13.2. The molecule has 0 unspecified atom stereocenters. The van der Waals surface area contributed by atoms with Crippen LogP contribution in [0, 0.1) is 17.6 Å². The molecule has 8 aromatic rings. The highest BCUT2D eigenvalue weighted by atomic mass is 19.4. The first-order chi connectivity index (χ1) is 39.4. The predicted molar refractivity (Wildman–Crippen MR) is 279 cm³/mol. The molecule has 5 saturated carbocycles.